The molecule has 3 aromatic rings. The van der Waals surface area contributed by atoms with Crippen LogP contribution >= 0.6 is 23.2 Å². The summed E-state index contributed by atoms with van der Waals surface area (Å²) in [5.41, 5.74) is 1.26. The Hall–Kier alpha value is -3.11. The molecule has 1 aliphatic heterocycles. The Balaban J connectivity index is 1.25. The molecule has 2 atom stereocenters. The van der Waals surface area contributed by atoms with Gasteiger partial charge in [0.1, 0.15) is 0 Å². The number of aromatic nitrogens is 1. The van der Waals surface area contributed by atoms with Gasteiger partial charge in [0, 0.05) is 46.9 Å². The smallest absolute Gasteiger partial charge is 0.306 e. The van der Waals surface area contributed by atoms with Crippen molar-refractivity contribution in [3.05, 3.63) is 63.8 Å². The Morgan fingerprint density at radius 2 is 1.86 bits per heavy atom. The first-order chi connectivity index (χ1) is 21.3. The molecular weight excluding hydrogens is 581 g/mol. The fourth-order valence-electron chi connectivity index (χ4n) is 5.87. The van der Waals surface area contributed by atoms with Gasteiger partial charge in [-0.25, -0.2) is 0 Å². The number of carbonyl (C=O) groups excluding carboxylic acids is 2. The second-order valence-corrected chi connectivity index (χ2v) is 11.7. The third-order valence-corrected chi connectivity index (χ3v) is 8.92. The van der Waals surface area contributed by atoms with E-state index in [-0.39, 0.29) is 57.8 Å². The number of amides is 2. The molecule has 9 nitrogen and oxygen atoms in total. The van der Waals surface area contributed by atoms with E-state index < -0.39 is 18.9 Å². The molecule has 0 radical (unpaired) electrons. The number of nitrogens with zero attached hydrogens (tertiary/aromatic N) is 2. The van der Waals surface area contributed by atoms with E-state index in [1.807, 2.05) is 0 Å². The highest BCUT2D eigenvalue weighted by molar-refractivity contribution is 6.36. The molecule has 1 saturated heterocycles. The molecule has 0 unspecified atom stereocenters. The predicted molar refractivity (Wildman–Crippen MR) is 161 cm³/mol. The number of hydrogen-bond acceptors (Lipinski definition) is 5. The highest BCUT2D eigenvalue weighted by atomic mass is 35.5. The van der Waals surface area contributed by atoms with E-state index in [0.717, 1.165) is 4.57 Å². The number of methoxy groups -OCH3 is 1. The van der Waals surface area contributed by atoms with Crippen LogP contribution in [-0.4, -0.2) is 70.9 Å². The Bertz CT molecular complexity index is 1590. The summed E-state index contributed by atoms with van der Waals surface area (Å²) in [6, 6.07) is 9.53. The molecule has 1 aliphatic carbocycles. The normalized spacial score (nSPS) is 23.8. The number of fused-ring (bicyclic) bond motifs is 1. The van der Waals surface area contributed by atoms with Crippen molar-refractivity contribution in [1.29, 1.82) is 0 Å². The number of hydrogen-bond donors (Lipinski definition) is 2. The van der Waals surface area contributed by atoms with Crippen LogP contribution in [0.1, 0.15) is 52.1 Å². The molecule has 2 N–H and O–H groups in total. The number of aryl methyl sites for hydroxylation is 1. The lowest BCUT2D eigenvalue weighted by molar-refractivity contribution is -0.144. The second-order valence-electron chi connectivity index (χ2n) is 10.9. The zero-order chi connectivity index (χ0) is 32.5. The summed E-state index contributed by atoms with van der Waals surface area (Å²) in [5.74, 6) is -1.83. The van der Waals surface area contributed by atoms with Crippen LogP contribution in [-0.2, 0) is 32.5 Å². The molecule has 2 fully saturated rings. The van der Waals surface area contributed by atoms with Gasteiger partial charge < -0.3 is 29.4 Å². The van der Waals surface area contributed by atoms with Crippen molar-refractivity contribution in [2.24, 2.45) is 12.9 Å². The second kappa shape index (κ2) is 13.0. The van der Waals surface area contributed by atoms with Gasteiger partial charge in [0.15, 0.2) is 0 Å². The first-order valence-electron chi connectivity index (χ1n) is 15.4. The van der Waals surface area contributed by atoms with Crippen LogP contribution in [0.2, 0.25) is 10.0 Å². The quantitative estimate of drug-likeness (QED) is 0.325. The summed E-state index contributed by atoms with van der Waals surface area (Å²) >= 11 is 13.1. The highest BCUT2D eigenvalue weighted by Gasteiger charge is 2.36. The minimum Gasteiger partial charge on any atom is -0.481 e. The molecule has 1 saturated carbocycles. The van der Waals surface area contributed by atoms with Crippen molar-refractivity contribution in [3.8, 4) is 0 Å². The average molecular weight is 620 g/mol. The number of aliphatic carboxylic acids is 1. The van der Waals surface area contributed by atoms with Crippen molar-refractivity contribution < 1.29 is 33.1 Å². The zero-order valence-corrected chi connectivity index (χ0v) is 24.7. The number of halogens is 2. The van der Waals surface area contributed by atoms with Gasteiger partial charge in [0.05, 0.1) is 53.5 Å². The van der Waals surface area contributed by atoms with Gasteiger partial charge in [0.25, 0.3) is 5.91 Å². The van der Waals surface area contributed by atoms with Crippen molar-refractivity contribution in [1.82, 2.24) is 9.47 Å². The Labute approximate surface area is 258 Å². The Morgan fingerprint density at radius 3 is 2.57 bits per heavy atom. The van der Waals surface area contributed by atoms with Crippen molar-refractivity contribution in [2.45, 2.75) is 56.8 Å². The highest BCUT2D eigenvalue weighted by Crippen LogP contribution is 2.33. The van der Waals surface area contributed by atoms with Gasteiger partial charge >= 0.3 is 5.97 Å². The van der Waals surface area contributed by atoms with Crippen LogP contribution in [0, 0.1) is 5.92 Å². The number of carbonyl (C=O) groups is 3. The standard InChI is InChI=1S/C31H35Cl2N3O6/c1-35-16-24(23-5-3-4-6-28(23)35)30(38)34-27-14-25(32)19(11-26(27)33)12-29(37)36-15-22(41-2)13-20(36)17-42-21-9-7-18(8-10-21)31(39)40/h3-6,11,14,16,18,20-22H,7-10,12-13,15,17H2,1-2H3,(H,34,38)(H,39,40)/t18?,20-,21?,22-/m0/s1/i1D3. The first kappa shape index (κ1) is 26.5. The van der Waals surface area contributed by atoms with E-state index in [4.69, 9.17) is 36.8 Å². The van der Waals surface area contributed by atoms with Crippen LogP contribution in [0.5, 0.6) is 0 Å². The Kier molecular flexibility index (Phi) is 8.23. The summed E-state index contributed by atoms with van der Waals surface area (Å²) < 4.78 is 36.2. The maximum atomic E-state index is 13.5. The number of nitrogens with one attached hydrogen (secondary N) is 1. The largest absolute Gasteiger partial charge is 0.481 e. The fraction of sp³-hybridized carbons (Fsp3) is 0.452. The van der Waals surface area contributed by atoms with E-state index in [0.29, 0.717) is 61.7 Å². The molecule has 2 amide bonds. The van der Waals surface area contributed by atoms with Crippen LogP contribution in [0.25, 0.3) is 10.9 Å². The molecule has 0 bridgehead atoms. The van der Waals surface area contributed by atoms with Crippen LogP contribution in [0.15, 0.2) is 42.6 Å². The van der Waals surface area contributed by atoms with Crippen molar-refractivity contribution >= 4 is 57.6 Å². The molecule has 0 spiro atoms. The molecule has 1 aromatic heterocycles. The van der Waals surface area contributed by atoms with E-state index in [9.17, 15) is 19.5 Å². The maximum absolute atomic E-state index is 13.5. The molecule has 224 valence electrons. The van der Waals surface area contributed by atoms with Crippen LogP contribution < -0.4 is 5.32 Å². The number of benzene rings is 2. The van der Waals surface area contributed by atoms with E-state index in [1.54, 1.807) is 42.3 Å². The molecule has 42 heavy (non-hydrogen) atoms. The molecular formula is C31H35Cl2N3O6. The summed E-state index contributed by atoms with van der Waals surface area (Å²) in [5, 5.41) is 12.8. The number of ether oxygens (including phenoxy) is 2. The number of para-hydroxylation sites is 1. The molecule has 2 aliphatic rings. The summed E-state index contributed by atoms with van der Waals surface area (Å²) in [4.78, 5) is 39.8. The summed E-state index contributed by atoms with van der Waals surface area (Å²) in [7, 11) is 1.61. The van der Waals surface area contributed by atoms with Crippen LogP contribution in [0.3, 0.4) is 0 Å². The third kappa shape index (κ3) is 6.59. The molecule has 2 aromatic carbocycles. The first-order valence-corrected chi connectivity index (χ1v) is 14.7. The van der Waals surface area contributed by atoms with E-state index in [2.05, 4.69) is 5.32 Å². The lowest BCUT2D eigenvalue weighted by Crippen LogP contribution is -2.40. The van der Waals surface area contributed by atoms with E-state index >= 15 is 0 Å². The van der Waals surface area contributed by atoms with E-state index in [1.165, 1.54) is 12.3 Å². The number of anilines is 1. The fourth-order valence-corrected chi connectivity index (χ4v) is 6.33. The SMILES string of the molecule is [2H]C([2H])([2H])n1cc(C(=O)Nc2cc(Cl)c(CC(=O)N3C[C@@H](OC)C[C@H]3COC3CCC(C(=O)O)CC3)cc2Cl)c2ccccc21. The minimum absolute atomic E-state index is 0.0322. The molecule has 2 heterocycles. The number of carboxylic acid groups (broad SMARTS) is 1. The lowest BCUT2D eigenvalue weighted by atomic mass is 9.87. The van der Waals surface area contributed by atoms with Crippen LogP contribution in [0.4, 0.5) is 5.69 Å². The zero-order valence-electron chi connectivity index (χ0n) is 26.1. The monoisotopic (exact) mass is 618 g/mol. The number of carboxylic acids is 1. The number of likely N-dealkylation sites (tertiary alicyclic amines) is 1. The van der Waals surface area contributed by atoms with Gasteiger partial charge in [-0.2, -0.15) is 0 Å². The number of rotatable bonds is 9. The Morgan fingerprint density at radius 1 is 1.10 bits per heavy atom. The van der Waals surface area contributed by atoms with Crippen molar-refractivity contribution in [2.75, 3.05) is 25.6 Å². The van der Waals surface area contributed by atoms with Crippen molar-refractivity contribution in [3.63, 3.8) is 0 Å². The predicted octanol–water partition coefficient (Wildman–Crippen LogP) is 5.56. The minimum atomic E-state index is -2.47. The summed E-state index contributed by atoms with van der Waals surface area (Å²) in [6.07, 6.45) is 4.19. The van der Waals surface area contributed by atoms with Gasteiger partial charge in [-0.05, 0) is 55.9 Å². The van der Waals surface area contributed by atoms with Gasteiger partial charge in [0.2, 0.25) is 5.91 Å². The van der Waals surface area contributed by atoms with Gasteiger partial charge in [-0.15, -0.1) is 0 Å². The third-order valence-electron chi connectivity index (χ3n) is 8.26. The molecule has 11 heteroatoms. The maximum Gasteiger partial charge on any atom is 0.306 e. The topological polar surface area (TPSA) is 110 Å². The van der Waals surface area contributed by atoms with Gasteiger partial charge in [-0.3, -0.25) is 14.4 Å². The summed E-state index contributed by atoms with van der Waals surface area (Å²) in [6.45, 7) is -1.75. The average Bonchev–Trinajstić information content (AvgIpc) is 3.61. The lowest BCUT2D eigenvalue weighted by Gasteiger charge is -2.30. The van der Waals surface area contributed by atoms with Gasteiger partial charge in [-0.1, -0.05) is 41.4 Å². The molecule has 5 rings (SSSR count).